The molecule has 7 heteroatoms. The predicted octanol–water partition coefficient (Wildman–Crippen LogP) is 3.40. The zero-order valence-electron chi connectivity index (χ0n) is 19.4. The molecule has 2 aliphatic heterocycles. The van der Waals surface area contributed by atoms with Crippen LogP contribution in [0.3, 0.4) is 0 Å². The number of nitrogens with zero attached hydrogens (tertiary/aromatic N) is 2. The number of carbonyl (C=O) groups excluding carboxylic acids is 2. The third kappa shape index (κ3) is 5.38. The molecule has 1 amide bonds. The topological polar surface area (TPSA) is 79.3 Å². The van der Waals surface area contributed by atoms with Crippen LogP contribution >= 0.6 is 0 Å². The van der Waals surface area contributed by atoms with E-state index in [1.807, 2.05) is 48.5 Å². The summed E-state index contributed by atoms with van der Waals surface area (Å²) in [6.07, 6.45) is 3.83. The van der Waals surface area contributed by atoms with Crippen molar-refractivity contribution in [2.24, 2.45) is 0 Å². The number of allylic oxidation sites excluding steroid dienone is 1. The van der Waals surface area contributed by atoms with Gasteiger partial charge in [-0.15, -0.1) is 0 Å². The summed E-state index contributed by atoms with van der Waals surface area (Å²) in [4.78, 5) is 30.2. The van der Waals surface area contributed by atoms with Crippen LogP contribution in [0.4, 0.5) is 0 Å². The molecule has 2 aliphatic rings. The quantitative estimate of drug-likeness (QED) is 0.576. The van der Waals surface area contributed by atoms with Crippen LogP contribution in [0.15, 0.2) is 72.0 Å². The number of ether oxygens (including phenoxy) is 2. The van der Waals surface area contributed by atoms with Crippen LogP contribution in [0.25, 0.3) is 6.08 Å². The molecular weight excluding hydrogens is 432 g/mol. The van der Waals surface area contributed by atoms with E-state index in [0.29, 0.717) is 25.5 Å². The lowest BCUT2D eigenvalue weighted by Crippen LogP contribution is -2.39. The van der Waals surface area contributed by atoms with E-state index in [1.165, 1.54) is 6.08 Å². The summed E-state index contributed by atoms with van der Waals surface area (Å²) in [7, 11) is 1.57. The van der Waals surface area contributed by atoms with Crippen molar-refractivity contribution >= 4 is 17.8 Å². The second kappa shape index (κ2) is 11.1. The molecule has 1 N–H and O–H groups in total. The van der Waals surface area contributed by atoms with Gasteiger partial charge in [0.1, 0.15) is 5.75 Å². The zero-order chi connectivity index (χ0) is 23.9. The second-order valence-corrected chi connectivity index (χ2v) is 8.36. The standard InChI is InChI=1S/C27H30N2O5/c1-33-22-10-5-9-21(19-22)25-24(23(30)12-11-20-7-3-2-4-8-20)26(31)27(32)29(25)14-6-13-28-15-17-34-18-16-28/h2-5,7-12,19,25,31H,6,13-18H2,1H3/b12-11+/t25-/m1/s1. The number of amides is 1. The summed E-state index contributed by atoms with van der Waals surface area (Å²) in [6, 6.07) is 16.0. The molecule has 178 valence electrons. The molecule has 7 nitrogen and oxygen atoms in total. The van der Waals surface area contributed by atoms with Crippen LogP contribution in [0, 0.1) is 0 Å². The molecule has 0 unspecified atom stereocenters. The van der Waals surface area contributed by atoms with Gasteiger partial charge < -0.3 is 19.5 Å². The fourth-order valence-corrected chi connectivity index (χ4v) is 4.41. The van der Waals surface area contributed by atoms with Crippen molar-refractivity contribution in [3.8, 4) is 5.75 Å². The molecule has 0 aliphatic carbocycles. The summed E-state index contributed by atoms with van der Waals surface area (Å²) in [5, 5.41) is 10.8. The molecule has 0 aromatic heterocycles. The number of hydrogen-bond donors (Lipinski definition) is 1. The Balaban J connectivity index is 1.59. The van der Waals surface area contributed by atoms with Crippen LogP contribution in [0.5, 0.6) is 5.75 Å². The highest BCUT2D eigenvalue weighted by Crippen LogP contribution is 2.39. The van der Waals surface area contributed by atoms with Crippen molar-refractivity contribution < 1.29 is 24.2 Å². The Morgan fingerprint density at radius 3 is 2.62 bits per heavy atom. The minimum atomic E-state index is -0.680. The number of ketones is 1. The minimum absolute atomic E-state index is 0.0943. The van der Waals surface area contributed by atoms with Gasteiger partial charge in [-0.25, -0.2) is 0 Å². The van der Waals surface area contributed by atoms with Crippen molar-refractivity contribution in [1.82, 2.24) is 9.80 Å². The lowest BCUT2D eigenvalue weighted by Gasteiger charge is -2.30. The first-order chi connectivity index (χ1) is 16.6. The Morgan fingerprint density at radius 1 is 1.12 bits per heavy atom. The number of benzene rings is 2. The number of morpholine rings is 1. The highest BCUT2D eigenvalue weighted by Gasteiger charge is 2.42. The van der Waals surface area contributed by atoms with Crippen molar-refractivity contribution in [3.05, 3.63) is 83.1 Å². The summed E-state index contributed by atoms with van der Waals surface area (Å²) in [5.74, 6) is -0.775. The maximum Gasteiger partial charge on any atom is 0.290 e. The van der Waals surface area contributed by atoms with Gasteiger partial charge in [0.15, 0.2) is 11.5 Å². The first-order valence-corrected chi connectivity index (χ1v) is 11.5. The van der Waals surface area contributed by atoms with Crippen LogP contribution in [0.2, 0.25) is 0 Å². The Labute approximate surface area is 199 Å². The number of rotatable bonds is 9. The normalized spacial score (nSPS) is 19.3. The molecule has 2 aromatic carbocycles. The first kappa shape index (κ1) is 23.7. The molecule has 1 saturated heterocycles. The van der Waals surface area contributed by atoms with Crippen molar-refractivity contribution in [2.75, 3.05) is 46.5 Å². The molecule has 0 radical (unpaired) electrons. The van der Waals surface area contributed by atoms with E-state index in [-0.39, 0.29) is 5.57 Å². The van der Waals surface area contributed by atoms with Gasteiger partial charge in [-0.1, -0.05) is 48.5 Å². The van der Waals surface area contributed by atoms with Crippen LogP contribution in [-0.4, -0.2) is 73.1 Å². The molecule has 34 heavy (non-hydrogen) atoms. The van der Waals surface area contributed by atoms with Gasteiger partial charge in [0.25, 0.3) is 5.91 Å². The van der Waals surface area contributed by atoms with Gasteiger partial charge >= 0.3 is 0 Å². The maximum atomic E-state index is 13.2. The van der Waals surface area contributed by atoms with Crippen molar-refractivity contribution in [3.63, 3.8) is 0 Å². The highest BCUT2D eigenvalue weighted by atomic mass is 16.5. The molecule has 2 aromatic rings. The second-order valence-electron chi connectivity index (χ2n) is 8.36. The van der Waals surface area contributed by atoms with Gasteiger partial charge in [-0.05, 0) is 35.8 Å². The Morgan fingerprint density at radius 2 is 1.88 bits per heavy atom. The molecule has 1 fully saturated rings. The predicted molar refractivity (Wildman–Crippen MR) is 129 cm³/mol. The van der Waals surface area contributed by atoms with Gasteiger partial charge in [0.05, 0.1) is 31.9 Å². The van der Waals surface area contributed by atoms with Gasteiger partial charge in [-0.3, -0.25) is 14.5 Å². The summed E-state index contributed by atoms with van der Waals surface area (Å²) in [6.45, 7) is 4.39. The third-order valence-electron chi connectivity index (χ3n) is 6.18. The lowest BCUT2D eigenvalue weighted by atomic mass is 9.95. The van der Waals surface area contributed by atoms with Gasteiger partial charge in [0, 0.05) is 26.2 Å². The number of aliphatic hydroxyl groups is 1. The van der Waals surface area contributed by atoms with E-state index in [4.69, 9.17) is 9.47 Å². The molecule has 0 bridgehead atoms. The summed E-state index contributed by atoms with van der Waals surface area (Å²) >= 11 is 0. The Kier molecular flexibility index (Phi) is 7.77. The molecule has 2 heterocycles. The lowest BCUT2D eigenvalue weighted by molar-refractivity contribution is -0.129. The molecule has 1 atom stereocenters. The van der Waals surface area contributed by atoms with Crippen LogP contribution in [0.1, 0.15) is 23.6 Å². The average molecular weight is 463 g/mol. The summed E-state index contributed by atoms with van der Waals surface area (Å²) in [5.41, 5.74) is 1.68. The highest BCUT2D eigenvalue weighted by molar-refractivity contribution is 6.14. The van der Waals surface area contributed by atoms with Crippen molar-refractivity contribution in [1.29, 1.82) is 0 Å². The van der Waals surface area contributed by atoms with E-state index >= 15 is 0 Å². The smallest absolute Gasteiger partial charge is 0.290 e. The number of methoxy groups -OCH3 is 1. The number of aliphatic hydroxyl groups excluding tert-OH is 1. The minimum Gasteiger partial charge on any atom is -0.503 e. The van der Waals surface area contributed by atoms with E-state index in [9.17, 15) is 14.7 Å². The van der Waals surface area contributed by atoms with Gasteiger partial charge in [-0.2, -0.15) is 0 Å². The largest absolute Gasteiger partial charge is 0.503 e. The Bertz CT molecular complexity index is 1070. The average Bonchev–Trinajstić information content (AvgIpc) is 3.14. The van der Waals surface area contributed by atoms with E-state index in [0.717, 1.165) is 37.2 Å². The monoisotopic (exact) mass is 462 g/mol. The molecule has 0 spiro atoms. The fourth-order valence-electron chi connectivity index (χ4n) is 4.41. The van der Waals surface area contributed by atoms with Crippen LogP contribution in [-0.2, 0) is 14.3 Å². The summed E-state index contributed by atoms with van der Waals surface area (Å²) < 4.78 is 10.8. The number of carbonyl (C=O) groups is 2. The van der Waals surface area contributed by atoms with Gasteiger partial charge in [0.2, 0.25) is 0 Å². The van der Waals surface area contributed by atoms with E-state index < -0.39 is 23.5 Å². The molecule has 0 saturated carbocycles. The van der Waals surface area contributed by atoms with Crippen molar-refractivity contribution in [2.45, 2.75) is 12.5 Å². The van der Waals surface area contributed by atoms with Crippen LogP contribution < -0.4 is 4.74 Å². The van der Waals surface area contributed by atoms with E-state index in [1.54, 1.807) is 24.2 Å². The zero-order valence-corrected chi connectivity index (χ0v) is 19.4. The molecular formula is C27H30N2O5. The Hall–Kier alpha value is -3.42. The third-order valence-corrected chi connectivity index (χ3v) is 6.18. The SMILES string of the molecule is COc1cccc([C@@H]2C(C(=O)/C=C/c3ccccc3)=C(O)C(=O)N2CCCN2CCOCC2)c1. The maximum absolute atomic E-state index is 13.2. The molecule has 4 rings (SSSR count). The number of hydrogen-bond acceptors (Lipinski definition) is 6. The first-order valence-electron chi connectivity index (χ1n) is 11.5. The van der Waals surface area contributed by atoms with E-state index in [2.05, 4.69) is 4.90 Å². The fraction of sp³-hybridized carbons (Fsp3) is 0.333.